The van der Waals surface area contributed by atoms with Crippen LogP contribution < -0.4 is 0 Å². The number of ether oxygens (including phenoxy) is 3. The van der Waals surface area contributed by atoms with Gasteiger partial charge in [0.2, 0.25) is 0 Å². The third-order valence-corrected chi connectivity index (χ3v) is 3.06. The van der Waals surface area contributed by atoms with Crippen molar-refractivity contribution in [1.29, 1.82) is 0 Å². The molecule has 0 amide bonds. The fourth-order valence-corrected chi connectivity index (χ4v) is 2.23. The van der Waals surface area contributed by atoms with E-state index in [1.54, 1.807) is 0 Å². The molecule has 0 aromatic rings. The highest BCUT2D eigenvalue weighted by Gasteiger charge is 2.49. The van der Waals surface area contributed by atoms with Crippen LogP contribution in [0, 0.1) is 11.8 Å². The maximum absolute atomic E-state index is 11.8. The van der Waals surface area contributed by atoms with Crippen LogP contribution >= 0.6 is 0 Å². The van der Waals surface area contributed by atoms with Crippen LogP contribution in [0.5, 0.6) is 0 Å². The Balaban J connectivity index is 2.94. The number of hydrogen-bond acceptors (Lipinski definition) is 7. The maximum Gasteiger partial charge on any atom is 0.316 e. The smallest absolute Gasteiger partial charge is 0.316 e. The van der Waals surface area contributed by atoms with Crippen LogP contribution in [-0.2, 0) is 33.4 Å². The molecule has 0 aromatic carbocycles. The predicted molar refractivity (Wildman–Crippen MR) is 60.8 cm³/mol. The van der Waals surface area contributed by atoms with Crippen molar-refractivity contribution < 1.29 is 33.4 Å². The molecule has 7 heteroatoms. The van der Waals surface area contributed by atoms with Crippen molar-refractivity contribution >= 4 is 23.7 Å². The van der Waals surface area contributed by atoms with E-state index in [0.717, 1.165) is 7.11 Å². The predicted octanol–water partition coefficient (Wildman–Crippen LogP) is -0.141. The van der Waals surface area contributed by atoms with Gasteiger partial charge < -0.3 is 14.2 Å². The van der Waals surface area contributed by atoms with E-state index in [0.29, 0.717) is 0 Å². The van der Waals surface area contributed by atoms with Gasteiger partial charge in [-0.15, -0.1) is 0 Å². The lowest BCUT2D eigenvalue weighted by Gasteiger charge is -2.20. The third kappa shape index (κ3) is 3.52. The molecular weight excluding hydrogens is 256 g/mol. The molecule has 1 saturated carbocycles. The molecule has 0 radical (unpaired) electrons. The highest BCUT2D eigenvalue weighted by molar-refractivity contribution is 6.02. The largest absolute Gasteiger partial charge is 0.469 e. The average Bonchev–Trinajstić information content (AvgIpc) is 2.63. The van der Waals surface area contributed by atoms with Crippen LogP contribution in [0.4, 0.5) is 0 Å². The van der Waals surface area contributed by atoms with Crippen LogP contribution in [0.2, 0.25) is 0 Å². The summed E-state index contributed by atoms with van der Waals surface area (Å²) in [7, 11) is 2.36. The van der Waals surface area contributed by atoms with Crippen molar-refractivity contribution in [2.24, 2.45) is 11.8 Å². The van der Waals surface area contributed by atoms with Gasteiger partial charge in [-0.05, 0) is 0 Å². The monoisotopic (exact) mass is 272 g/mol. The summed E-state index contributed by atoms with van der Waals surface area (Å²) in [5.74, 6) is -4.10. The number of methoxy groups -OCH3 is 2. The second-order valence-corrected chi connectivity index (χ2v) is 4.26. The zero-order valence-corrected chi connectivity index (χ0v) is 11.0. The second kappa shape index (κ2) is 6.31. The molecule has 1 fully saturated rings. The van der Waals surface area contributed by atoms with E-state index in [4.69, 9.17) is 4.74 Å². The van der Waals surface area contributed by atoms with E-state index >= 15 is 0 Å². The number of rotatable bonds is 4. The Bertz CT molecular complexity index is 401. The van der Waals surface area contributed by atoms with Crippen LogP contribution in [0.25, 0.3) is 0 Å². The van der Waals surface area contributed by atoms with Crippen molar-refractivity contribution in [2.45, 2.75) is 25.9 Å². The fraction of sp³-hybridized carbons (Fsp3) is 0.667. The fourth-order valence-electron chi connectivity index (χ4n) is 2.23. The molecule has 0 bridgehead atoms. The Labute approximate surface area is 110 Å². The zero-order chi connectivity index (χ0) is 14.6. The van der Waals surface area contributed by atoms with Crippen LogP contribution in [0.1, 0.15) is 19.8 Å². The summed E-state index contributed by atoms with van der Waals surface area (Å²) in [6.07, 6.45) is -1.07. The SMILES string of the molecule is COC(=O)C[C@@H]1[C@@H](C(=O)OC)C(=O)C[C@@H]1OC(C)=O. The molecule has 0 aliphatic heterocycles. The van der Waals surface area contributed by atoms with E-state index in [1.807, 2.05) is 0 Å². The molecule has 3 atom stereocenters. The van der Waals surface area contributed by atoms with Gasteiger partial charge in [0.25, 0.3) is 0 Å². The summed E-state index contributed by atoms with van der Waals surface area (Å²) in [5.41, 5.74) is 0. The van der Waals surface area contributed by atoms with Crippen LogP contribution in [0.3, 0.4) is 0 Å². The molecule has 0 N–H and O–H groups in total. The van der Waals surface area contributed by atoms with E-state index in [1.165, 1.54) is 14.0 Å². The lowest BCUT2D eigenvalue weighted by molar-refractivity contribution is -0.157. The van der Waals surface area contributed by atoms with Gasteiger partial charge in [0.05, 0.1) is 20.6 Å². The molecule has 0 unspecified atom stereocenters. The summed E-state index contributed by atoms with van der Waals surface area (Å²) in [5, 5.41) is 0. The summed E-state index contributed by atoms with van der Waals surface area (Å²) < 4.78 is 14.1. The van der Waals surface area contributed by atoms with Crippen LogP contribution in [0.15, 0.2) is 0 Å². The molecule has 1 rings (SSSR count). The van der Waals surface area contributed by atoms with E-state index in [9.17, 15) is 19.2 Å². The molecule has 7 nitrogen and oxygen atoms in total. The Hall–Kier alpha value is -1.92. The third-order valence-electron chi connectivity index (χ3n) is 3.06. The Morgan fingerprint density at radius 2 is 1.84 bits per heavy atom. The number of ketones is 1. The van der Waals surface area contributed by atoms with Gasteiger partial charge in [-0.3, -0.25) is 19.2 Å². The molecule has 0 heterocycles. The first-order valence-corrected chi connectivity index (χ1v) is 5.75. The Kier molecular flexibility index (Phi) is 5.02. The molecule has 106 valence electrons. The molecule has 1 aliphatic rings. The van der Waals surface area contributed by atoms with Gasteiger partial charge in [0, 0.05) is 19.3 Å². The van der Waals surface area contributed by atoms with Gasteiger partial charge in [-0.2, -0.15) is 0 Å². The summed E-state index contributed by atoms with van der Waals surface area (Å²) in [6.45, 7) is 1.20. The van der Waals surface area contributed by atoms with Crippen molar-refractivity contribution in [3.8, 4) is 0 Å². The standard InChI is InChI=1S/C12H16O7/c1-6(13)19-9-5-8(14)11(12(16)18-3)7(9)4-10(15)17-2/h7,9,11H,4-5H2,1-3H3/t7-,9-,11+/m0/s1. The van der Waals surface area contributed by atoms with Gasteiger partial charge >= 0.3 is 17.9 Å². The van der Waals surface area contributed by atoms with Gasteiger partial charge in [0.1, 0.15) is 12.0 Å². The lowest BCUT2D eigenvalue weighted by atomic mass is 9.91. The van der Waals surface area contributed by atoms with Gasteiger partial charge in [0.15, 0.2) is 5.78 Å². The summed E-state index contributed by atoms with van der Waals surface area (Å²) in [6, 6.07) is 0. The number of esters is 3. The quantitative estimate of drug-likeness (QED) is 0.399. The van der Waals surface area contributed by atoms with E-state index in [2.05, 4.69) is 9.47 Å². The summed E-state index contributed by atoms with van der Waals surface area (Å²) in [4.78, 5) is 45.7. The Morgan fingerprint density at radius 1 is 1.21 bits per heavy atom. The molecule has 0 saturated heterocycles. The number of Topliss-reactive ketones (excluding diaryl/α,β-unsaturated/α-hetero) is 1. The van der Waals surface area contributed by atoms with E-state index < -0.39 is 41.6 Å². The van der Waals surface area contributed by atoms with Gasteiger partial charge in [-0.25, -0.2) is 0 Å². The summed E-state index contributed by atoms with van der Waals surface area (Å²) >= 11 is 0. The zero-order valence-electron chi connectivity index (χ0n) is 11.0. The first-order chi connectivity index (χ1) is 8.90. The highest BCUT2D eigenvalue weighted by atomic mass is 16.5. The van der Waals surface area contributed by atoms with Gasteiger partial charge in [-0.1, -0.05) is 0 Å². The lowest BCUT2D eigenvalue weighted by Crippen LogP contribution is -2.32. The minimum Gasteiger partial charge on any atom is -0.469 e. The average molecular weight is 272 g/mol. The second-order valence-electron chi connectivity index (χ2n) is 4.26. The van der Waals surface area contributed by atoms with Crippen molar-refractivity contribution in [1.82, 2.24) is 0 Å². The van der Waals surface area contributed by atoms with Crippen molar-refractivity contribution in [3.05, 3.63) is 0 Å². The van der Waals surface area contributed by atoms with Crippen molar-refractivity contribution in [3.63, 3.8) is 0 Å². The molecule has 0 spiro atoms. The molecular formula is C12H16O7. The Morgan fingerprint density at radius 3 is 2.32 bits per heavy atom. The normalized spacial score (nSPS) is 25.8. The minimum atomic E-state index is -1.09. The highest BCUT2D eigenvalue weighted by Crippen LogP contribution is 2.35. The first-order valence-electron chi connectivity index (χ1n) is 5.75. The van der Waals surface area contributed by atoms with E-state index in [-0.39, 0.29) is 12.8 Å². The van der Waals surface area contributed by atoms with Crippen LogP contribution in [-0.4, -0.2) is 44.0 Å². The topological polar surface area (TPSA) is 96.0 Å². The molecule has 19 heavy (non-hydrogen) atoms. The number of carbonyl (C=O) groups is 4. The number of carbonyl (C=O) groups excluding carboxylic acids is 4. The molecule has 0 aromatic heterocycles. The van der Waals surface area contributed by atoms with Crippen molar-refractivity contribution in [2.75, 3.05) is 14.2 Å². The first kappa shape index (κ1) is 15.1. The minimum absolute atomic E-state index is 0.0962. The number of hydrogen-bond donors (Lipinski definition) is 0. The maximum atomic E-state index is 11.8. The molecule has 1 aliphatic carbocycles.